The molecule has 0 bridgehead atoms. The fourth-order valence-corrected chi connectivity index (χ4v) is 4.18. The maximum Gasteiger partial charge on any atom is 0.229 e. The summed E-state index contributed by atoms with van der Waals surface area (Å²) in [6.45, 7) is -0.234. The highest BCUT2D eigenvalue weighted by Gasteiger charge is 2.44. The molecule has 4 rings (SSSR count). The van der Waals surface area contributed by atoms with E-state index in [0.717, 1.165) is 5.56 Å². The molecule has 2 aromatic rings. The minimum absolute atomic E-state index is 0.0106. The highest BCUT2D eigenvalue weighted by Crippen LogP contribution is 2.44. The number of rotatable bonds is 6. The number of aliphatic hydroxyl groups is 4. The van der Waals surface area contributed by atoms with Crippen molar-refractivity contribution < 1.29 is 49.2 Å². The molecular formula is C23H28O10. The van der Waals surface area contributed by atoms with Gasteiger partial charge in [-0.15, -0.1) is 0 Å². The van der Waals surface area contributed by atoms with Crippen molar-refractivity contribution in [2.75, 3.05) is 27.4 Å². The first-order chi connectivity index (χ1) is 15.9. The Labute approximate surface area is 190 Å². The Balaban J connectivity index is 1.50. The van der Waals surface area contributed by atoms with E-state index in [-0.39, 0.29) is 17.4 Å². The minimum atomic E-state index is -1.52. The molecule has 0 aliphatic carbocycles. The van der Waals surface area contributed by atoms with Gasteiger partial charge < -0.3 is 49.2 Å². The van der Waals surface area contributed by atoms with Crippen LogP contribution in [0.5, 0.6) is 28.7 Å². The largest absolute Gasteiger partial charge is 0.504 e. The first-order valence-corrected chi connectivity index (χ1v) is 10.5. The maximum atomic E-state index is 10.7. The number of hydrogen-bond donors (Lipinski definition) is 5. The summed E-state index contributed by atoms with van der Waals surface area (Å²) in [5.41, 5.74) is 1.57. The molecule has 0 amide bonds. The second-order valence-corrected chi connectivity index (χ2v) is 8.04. The Morgan fingerprint density at radius 3 is 2.48 bits per heavy atom. The molecule has 2 aliphatic heterocycles. The number of phenols is 1. The summed E-state index contributed by atoms with van der Waals surface area (Å²) in [5, 5.41) is 50.0. The van der Waals surface area contributed by atoms with Crippen molar-refractivity contribution in [3.63, 3.8) is 0 Å². The number of methoxy groups -OCH3 is 2. The van der Waals surface area contributed by atoms with E-state index in [1.807, 2.05) is 0 Å². The second-order valence-electron chi connectivity index (χ2n) is 8.04. The molecule has 5 N–H and O–H groups in total. The summed E-state index contributed by atoms with van der Waals surface area (Å²) < 4.78 is 27.5. The molecule has 0 saturated carbocycles. The molecule has 0 spiro atoms. The van der Waals surface area contributed by atoms with Gasteiger partial charge in [-0.25, -0.2) is 0 Å². The number of benzene rings is 2. The quantitative estimate of drug-likeness (QED) is 0.405. The number of fused-ring (bicyclic) bond motifs is 1. The zero-order valence-electron chi connectivity index (χ0n) is 18.2. The van der Waals surface area contributed by atoms with Crippen molar-refractivity contribution in [2.24, 2.45) is 0 Å². The number of hydrogen-bond acceptors (Lipinski definition) is 10. The minimum Gasteiger partial charge on any atom is -0.504 e. The zero-order chi connectivity index (χ0) is 23.7. The van der Waals surface area contributed by atoms with Crippen molar-refractivity contribution in [2.45, 2.75) is 43.0 Å². The van der Waals surface area contributed by atoms with Crippen LogP contribution in [0, 0.1) is 0 Å². The summed E-state index contributed by atoms with van der Waals surface area (Å²) in [7, 11) is 2.96. The van der Waals surface area contributed by atoms with Crippen molar-refractivity contribution in [3.05, 3.63) is 41.5 Å². The van der Waals surface area contributed by atoms with E-state index in [0.29, 0.717) is 35.8 Å². The standard InChI is InChI=1S/C23H28O10/c1-29-15-6-5-14(18(25)22(15)30-2)12-7-11-3-4-13(8-16(11)31-10-12)32-23-21(28)20(27)19(26)17(9-24)33-23/h3-6,8,12,17,19-21,23-28H,7,9-10H2,1-2H3/t12-,17-,19-,20+,21-,23+/m0/s1. The van der Waals surface area contributed by atoms with Crippen LogP contribution in [0.1, 0.15) is 17.0 Å². The molecule has 1 saturated heterocycles. The predicted molar refractivity (Wildman–Crippen MR) is 114 cm³/mol. The van der Waals surface area contributed by atoms with Crippen LogP contribution in [0.15, 0.2) is 30.3 Å². The molecule has 2 heterocycles. The van der Waals surface area contributed by atoms with Crippen molar-refractivity contribution >= 4 is 0 Å². The van der Waals surface area contributed by atoms with E-state index in [2.05, 4.69) is 0 Å². The van der Waals surface area contributed by atoms with Crippen LogP contribution in [-0.4, -0.2) is 83.7 Å². The van der Waals surface area contributed by atoms with Crippen molar-refractivity contribution in [3.8, 4) is 28.7 Å². The van der Waals surface area contributed by atoms with E-state index in [4.69, 9.17) is 23.7 Å². The second kappa shape index (κ2) is 9.62. The van der Waals surface area contributed by atoms with E-state index in [9.17, 15) is 25.5 Å². The Kier molecular flexibility index (Phi) is 6.82. The van der Waals surface area contributed by atoms with Crippen LogP contribution in [0.3, 0.4) is 0 Å². The van der Waals surface area contributed by atoms with Gasteiger partial charge in [0.15, 0.2) is 11.5 Å². The molecule has 6 atom stereocenters. The molecule has 0 aromatic heterocycles. The van der Waals surface area contributed by atoms with Gasteiger partial charge in [0.25, 0.3) is 0 Å². The third kappa shape index (κ3) is 4.40. The smallest absolute Gasteiger partial charge is 0.229 e. The maximum absolute atomic E-state index is 10.7. The normalized spacial score (nSPS) is 29.0. The number of aromatic hydroxyl groups is 1. The predicted octanol–water partition coefficient (Wildman–Crippen LogP) is 0.307. The topological polar surface area (TPSA) is 147 Å². The van der Waals surface area contributed by atoms with Gasteiger partial charge in [0.2, 0.25) is 12.0 Å². The Morgan fingerprint density at radius 2 is 1.79 bits per heavy atom. The summed E-state index contributed by atoms with van der Waals surface area (Å²) in [6.07, 6.45) is -6.22. The van der Waals surface area contributed by atoms with Crippen LogP contribution in [0.25, 0.3) is 0 Å². The summed E-state index contributed by atoms with van der Waals surface area (Å²) in [5.74, 6) is 1.50. The third-order valence-electron chi connectivity index (χ3n) is 6.04. The molecule has 0 unspecified atom stereocenters. The van der Waals surface area contributed by atoms with Crippen LogP contribution >= 0.6 is 0 Å². The summed E-state index contributed by atoms with van der Waals surface area (Å²) >= 11 is 0. The van der Waals surface area contributed by atoms with Crippen LogP contribution in [0.2, 0.25) is 0 Å². The first-order valence-electron chi connectivity index (χ1n) is 10.5. The highest BCUT2D eigenvalue weighted by molar-refractivity contribution is 5.57. The van der Waals surface area contributed by atoms with Gasteiger partial charge >= 0.3 is 0 Å². The summed E-state index contributed by atoms with van der Waals surface area (Å²) in [4.78, 5) is 0. The van der Waals surface area contributed by atoms with Crippen molar-refractivity contribution in [1.29, 1.82) is 0 Å². The van der Waals surface area contributed by atoms with Gasteiger partial charge in [0.1, 0.15) is 35.9 Å². The SMILES string of the molecule is COc1ccc([C@@H]2COc3cc(O[C@@H]4O[C@@H](CO)[C@H](O)[C@@H](O)[C@@H]4O)ccc3C2)c(O)c1OC. The lowest BCUT2D eigenvalue weighted by Gasteiger charge is -2.39. The highest BCUT2D eigenvalue weighted by atomic mass is 16.7. The molecule has 33 heavy (non-hydrogen) atoms. The van der Waals surface area contributed by atoms with Gasteiger partial charge in [-0.05, 0) is 24.1 Å². The van der Waals surface area contributed by atoms with Gasteiger partial charge in [0.05, 0.1) is 27.4 Å². The molecule has 10 nitrogen and oxygen atoms in total. The third-order valence-corrected chi connectivity index (χ3v) is 6.04. The van der Waals surface area contributed by atoms with E-state index in [1.165, 1.54) is 14.2 Å². The van der Waals surface area contributed by atoms with Gasteiger partial charge in [-0.2, -0.15) is 0 Å². The molecular weight excluding hydrogens is 436 g/mol. The zero-order valence-corrected chi connectivity index (χ0v) is 18.2. The van der Waals surface area contributed by atoms with Crippen LogP contribution in [0.4, 0.5) is 0 Å². The Morgan fingerprint density at radius 1 is 1.00 bits per heavy atom. The van der Waals surface area contributed by atoms with Gasteiger partial charge in [-0.1, -0.05) is 12.1 Å². The summed E-state index contributed by atoms with van der Waals surface area (Å²) in [6, 6.07) is 8.63. The van der Waals surface area contributed by atoms with Gasteiger partial charge in [-0.3, -0.25) is 0 Å². The molecule has 10 heteroatoms. The molecule has 2 aromatic carbocycles. The van der Waals surface area contributed by atoms with Crippen LogP contribution < -0.4 is 18.9 Å². The lowest BCUT2D eigenvalue weighted by molar-refractivity contribution is -0.277. The molecule has 2 aliphatic rings. The molecule has 1 fully saturated rings. The van der Waals surface area contributed by atoms with Crippen LogP contribution in [-0.2, 0) is 11.2 Å². The average molecular weight is 464 g/mol. The molecule has 180 valence electrons. The first kappa shape index (κ1) is 23.4. The number of ether oxygens (including phenoxy) is 5. The fraction of sp³-hybridized carbons (Fsp3) is 0.478. The Bertz CT molecular complexity index is 978. The van der Waals surface area contributed by atoms with E-state index < -0.39 is 37.3 Å². The number of aliphatic hydroxyl groups excluding tert-OH is 4. The fourth-order valence-electron chi connectivity index (χ4n) is 4.18. The van der Waals surface area contributed by atoms with Gasteiger partial charge in [0, 0.05) is 17.5 Å². The monoisotopic (exact) mass is 464 g/mol. The van der Waals surface area contributed by atoms with Crippen molar-refractivity contribution in [1.82, 2.24) is 0 Å². The lowest BCUT2D eigenvalue weighted by Crippen LogP contribution is -2.60. The lowest BCUT2D eigenvalue weighted by atomic mass is 9.89. The molecule has 0 radical (unpaired) electrons. The number of phenolic OH excluding ortho intramolecular Hbond substituents is 1. The Hall–Kier alpha value is -2.76. The van der Waals surface area contributed by atoms with E-state index >= 15 is 0 Å². The van der Waals surface area contributed by atoms with E-state index in [1.54, 1.807) is 30.3 Å². The average Bonchev–Trinajstić information content (AvgIpc) is 2.83.